The summed E-state index contributed by atoms with van der Waals surface area (Å²) < 4.78 is 37.0. The third-order valence-corrected chi connectivity index (χ3v) is 3.67. The minimum absolute atomic E-state index is 0.0339. The van der Waals surface area contributed by atoms with Gasteiger partial charge in [0.2, 0.25) is 0 Å². The molecule has 1 amide bonds. The highest BCUT2D eigenvalue weighted by molar-refractivity contribution is 7.15. The van der Waals surface area contributed by atoms with Crippen molar-refractivity contribution in [3.8, 4) is 0 Å². The lowest BCUT2D eigenvalue weighted by Crippen LogP contribution is -2.47. The summed E-state index contributed by atoms with van der Waals surface area (Å²) in [5, 5.41) is 2.56. The van der Waals surface area contributed by atoms with Crippen LogP contribution in [0.4, 0.5) is 18.3 Å². The van der Waals surface area contributed by atoms with Crippen molar-refractivity contribution in [3.05, 3.63) is 16.0 Å². The number of thiazole rings is 1. The van der Waals surface area contributed by atoms with Gasteiger partial charge >= 0.3 is 6.18 Å². The van der Waals surface area contributed by atoms with Gasteiger partial charge in [-0.25, -0.2) is 4.98 Å². The second-order valence-electron chi connectivity index (χ2n) is 3.97. The Morgan fingerprint density at radius 3 is 2.72 bits per heavy atom. The zero-order valence-electron chi connectivity index (χ0n) is 8.98. The topological polar surface area (TPSA) is 62.6 Å². The zero-order valence-corrected chi connectivity index (χ0v) is 9.79. The average Bonchev–Trinajstić information content (AvgIpc) is 2.70. The number of anilines is 1. The van der Waals surface area contributed by atoms with Crippen molar-refractivity contribution in [3.63, 3.8) is 0 Å². The Balaban J connectivity index is 1.91. The second kappa shape index (κ2) is 4.63. The molecule has 1 saturated heterocycles. The predicted molar refractivity (Wildman–Crippen MR) is 58.2 cm³/mol. The monoisotopic (exact) mass is 279 g/mol. The highest BCUT2D eigenvalue weighted by Gasteiger charge is 2.36. The van der Waals surface area contributed by atoms with Crippen molar-refractivity contribution in [2.24, 2.45) is 11.1 Å². The van der Waals surface area contributed by atoms with Crippen LogP contribution < -0.4 is 4.90 Å². The summed E-state index contributed by atoms with van der Waals surface area (Å²) in [5.41, 5.74) is 0. The predicted octanol–water partition coefficient (Wildman–Crippen LogP) is 2.28. The molecule has 1 aliphatic heterocycles. The number of halogens is 3. The van der Waals surface area contributed by atoms with E-state index in [0.29, 0.717) is 24.4 Å². The number of nitroso groups, excluding NO2 is 1. The number of hydrogen-bond donors (Lipinski definition) is 0. The molecule has 1 fully saturated rings. The van der Waals surface area contributed by atoms with Gasteiger partial charge in [-0.05, 0) is 0 Å². The first-order valence-electron chi connectivity index (χ1n) is 5.04. The molecule has 0 radical (unpaired) electrons. The van der Waals surface area contributed by atoms with E-state index in [0.717, 1.165) is 6.20 Å². The summed E-state index contributed by atoms with van der Waals surface area (Å²) >= 11 is 0.570. The number of rotatable bonds is 3. The van der Waals surface area contributed by atoms with Crippen LogP contribution in [0.15, 0.2) is 11.4 Å². The number of carbonyl (C=O) groups excluding carboxylic acids is 1. The Morgan fingerprint density at radius 2 is 2.22 bits per heavy atom. The average molecular weight is 279 g/mol. The van der Waals surface area contributed by atoms with E-state index in [1.165, 1.54) is 0 Å². The maximum Gasteiger partial charge on any atom is 0.427 e. The van der Waals surface area contributed by atoms with Gasteiger partial charge in [0.1, 0.15) is 4.88 Å². The highest BCUT2D eigenvalue weighted by atomic mass is 32.1. The van der Waals surface area contributed by atoms with E-state index in [9.17, 15) is 22.9 Å². The smallest absolute Gasteiger partial charge is 0.347 e. The van der Waals surface area contributed by atoms with Gasteiger partial charge in [-0.3, -0.25) is 4.79 Å². The van der Waals surface area contributed by atoms with Crippen LogP contribution in [0, 0.1) is 10.8 Å². The van der Waals surface area contributed by atoms with Crippen molar-refractivity contribution in [1.29, 1.82) is 0 Å². The fraction of sp³-hybridized carbons (Fsp3) is 0.556. The van der Waals surface area contributed by atoms with E-state index in [-0.39, 0.29) is 17.5 Å². The maximum absolute atomic E-state index is 12.3. The fourth-order valence-electron chi connectivity index (χ4n) is 1.68. The summed E-state index contributed by atoms with van der Waals surface area (Å²) in [6.07, 6.45) is -3.54. The lowest BCUT2D eigenvalue weighted by Gasteiger charge is -2.38. The van der Waals surface area contributed by atoms with Gasteiger partial charge < -0.3 is 4.90 Å². The van der Waals surface area contributed by atoms with Gasteiger partial charge in [0, 0.05) is 30.6 Å². The standard InChI is InChI=1S/C9H8F3N3O2S/c10-9(11,12)6-2-13-8(18-6)15-3-5(4-15)1-7(16)14-17/h2,5H,1,3-4H2. The number of aromatic nitrogens is 1. The minimum atomic E-state index is -4.38. The molecule has 2 heterocycles. The Labute approximate surface area is 104 Å². The summed E-state index contributed by atoms with van der Waals surface area (Å²) in [6, 6.07) is 0. The van der Waals surface area contributed by atoms with E-state index < -0.39 is 17.0 Å². The van der Waals surface area contributed by atoms with E-state index in [4.69, 9.17) is 0 Å². The molecule has 1 aliphatic rings. The first-order chi connectivity index (χ1) is 8.40. The van der Waals surface area contributed by atoms with Gasteiger partial charge in [-0.2, -0.15) is 13.2 Å². The van der Waals surface area contributed by atoms with Crippen molar-refractivity contribution in [2.45, 2.75) is 12.6 Å². The fourth-order valence-corrected chi connectivity index (χ4v) is 2.48. The molecule has 18 heavy (non-hydrogen) atoms. The molecule has 0 aromatic carbocycles. The van der Waals surface area contributed by atoms with E-state index >= 15 is 0 Å². The molecule has 98 valence electrons. The summed E-state index contributed by atoms with van der Waals surface area (Å²) in [6.45, 7) is 0.845. The molecule has 0 aliphatic carbocycles. The molecule has 5 nitrogen and oxygen atoms in total. The molecule has 0 N–H and O–H groups in total. The van der Waals surface area contributed by atoms with Gasteiger partial charge in [0.15, 0.2) is 5.13 Å². The summed E-state index contributed by atoms with van der Waals surface area (Å²) in [4.78, 5) is 25.2. The lowest BCUT2D eigenvalue weighted by molar-refractivity contribution is -0.134. The molecule has 1 aromatic rings. The largest absolute Gasteiger partial charge is 0.427 e. The number of nitrogens with zero attached hydrogens (tertiary/aromatic N) is 3. The zero-order chi connectivity index (χ0) is 13.3. The Kier molecular flexibility index (Phi) is 3.33. The molecule has 2 rings (SSSR count). The number of alkyl halides is 3. The Bertz CT molecular complexity index is 468. The molecule has 0 unspecified atom stereocenters. The third-order valence-electron chi connectivity index (χ3n) is 2.57. The van der Waals surface area contributed by atoms with Gasteiger partial charge in [-0.1, -0.05) is 11.3 Å². The molecule has 0 spiro atoms. The number of amides is 1. The van der Waals surface area contributed by atoms with E-state index in [1.54, 1.807) is 4.90 Å². The number of hydrogen-bond acceptors (Lipinski definition) is 5. The molecule has 0 saturated carbocycles. The van der Waals surface area contributed by atoms with Crippen LogP contribution in [0.1, 0.15) is 11.3 Å². The van der Waals surface area contributed by atoms with Crippen LogP contribution in [0.5, 0.6) is 0 Å². The Hall–Kier alpha value is -1.51. The van der Waals surface area contributed by atoms with Crippen LogP contribution in [-0.2, 0) is 11.0 Å². The molecule has 1 aromatic heterocycles. The van der Waals surface area contributed by atoms with Gasteiger partial charge in [0.25, 0.3) is 5.91 Å². The molecular formula is C9H8F3N3O2S. The van der Waals surface area contributed by atoms with Crippen molar-refractivity contribution in [2.75, 3.05) is 18.0 Å². The van der Waals surface area contributed by atoms with Crippen molar-refractivity contribution >= 4 is 22.4 Å². The van der Waals surface area contributed by atoms with Crippen LogP contribution >= 0.6 is 11.3 Å². The molecule has 0 atom stereocenters. The molecular weight excluding hydrogens is 271 g/mol. The van der Waals surface area contributed by atoms with Crippen LogP contribution in [0.2, 0.25) is 0 Å². The summed E-state index contributed by atoms with van der Waals surface area (Å²) in [7, 11) is 0. The normalized spacial score (nSPS) is 16.5. The van der Waals surface area contributed by atoms with E-state index in [1.807, 2.05) is 0 Å². The quantitative estimate of drug-likeness (QED) is 0.796. The highest BCUT2D eigenvalue weighted by Crippen LogP contribution is 2.38. The lowest BCUT2D eigenvalue weighted by atomic mass is 9.97. The third kappa shape index (κ3) is 2.66. The van der Waals surface area contributed by atoms with Gasteiger partial charge in [-0.15, -0.1) is 4.91 Å². The van der Waals surface area contributed by atoms with Crippen LogP contribution in [0.3, 0.4) is 0 Å². The van der Waals surface area contributed by atoms with Crippen molar-refractivity contribution in [1.82, 2.24) is 4.98 Å². The van der Waals surface area contributed by atoms with Crippen molar-refractivity contribution < 1.29 is 18.0 Å². The van der Waals surface area contributed by atoms with Gasteiger partial charge in [0.05, 0.1) is 6.20 Å². The second-order valence-corrected chi connectivity index (χ2v) is 4.97. The first kappa shape index (κ1) is 12.9. The minimum Gasteiger partial charge on any atom is -0.347 e. The molecule has 0 bridgehead atoms. The SMILES string of the molecule is O=NC(=O)CC1CN(c2ncc(C(F)(F)F)s2)C1. The number of carbonyl (C=O) groups is 1. The Morgan fingerprint density at radius 1 is 1.56 bits per heavy atom. The molecule has 9 heteroatoms. The van der Waals surface area contributed by atoms with Crippen LogP contribution in [0.25, 0.3) is 0 Å². The first-order valence-corrected chi connectivity index (χ1v) is 5.86. The maximum atomic E-state index is 12.3. The van der Waals surface area contributed by atoms with E-state index in [2.05, 4.69) is 10.2 Å². The summed E-state index contributed by atoms with van der Waals surface area (Å²) in [5.74, 6) is -0.761. The van der Waals surface area contributed by atoms with Crippen LogP contribution in [-0.4, -0.2) is 24.0 Å².